The normalized spacial score (nSPS) is 18.4. The molecule has 1 aromatic rings. The molecule has 1 saturated heterocycles. The molecule has 0 bridgehead atoms. The van der Waals surface area contributed by atoms with E-state index >= 15 is 0 Å². The molecular formula is C16H23F3N2. The Morgan fingerprint density at radius 2 is 1.86 bits per heavy atom. The second kappa shape index (κ2) is 6.26. The first-order chi connectivity index (χ1) is 9.77. The minimum absolute atomic E-state index is 0.167. The van der Waals surface area contributed by atoms with E-state index in [1.54, 1.807) is 6.07 Å². The van der Waals surface area contributed by atoms with Gasteiger partial charge in [-0.1, -0.05) is 6.07 Å². The lowest BCUT2D eigenvalue weighted by molar-refractivity contribution is -0.138. The molecule has 1 aliphatic heterocycles. The minimum Gasteiger partial charge on any atom is -0.399 e. The first-order valence-corrected chi connectivity index (χ1v) is 7.47. The highest BCUT2D eigenvalue weighted by molar-refractivity contribution is 5.46. The first kappa shape index (κ1) is 16.1. The maximum atomic E-state index is 13.1. The number of hydrogen-bond acceptors (Lipinski definition) is 2. The molecule has 0 unspecified atom stereocenters. The molecular weight excluding hydrogens is 277 g/mol. The number of halogens is 3. The van der Waals surface area contributed by atoms with Gasteiger partial charge in [-0.2, -0.15) is 13.2 Å². The standard InChI is InChI=1S/C16H23F3N2/c1-11(2)21-7-5-12(6-8-21)9-13-3-4-14(20)10-15(13)16(17,18)19/h3-4,10-12H,5-9,20H2,1-2H3. The molecule has 0 aliphatic carbocycles. The third-order valence-electron chi connectivity index (χ3n) is 4.33. The van der Waals surface area contributed by atoms with Gasteiger partial charge in [0.05, 0.1) is 5.56 Å². The Morgan fingerprint density at radius 1 is 1.24 bits per heavy atom. The zero-order chi connectivity index (χ0) is 15.6. The number of benzene rings is 1. The predicted molar refractivity (Wildman–Crippen MR) is 79.0 cm³/mol. The van der Waals surface area contributed by atoms with Gasteiger partial charge in [0, 0.05) is 11.7 Å². The molecule has 5 heteroatoms. The van der Waals surface area contributed by atoms with Crippen molar-refractivity contribution in [3.05, 3.63) is 29.3 Å². The molecule has 2 rings (SSSR count). The van der Waals surface area contributed by atoms with Crippen molar-refractivity contribution >= 4 is 5.69 Å². The molecule has 0 saturated carbocycles. The van der Waals surface area contributed by atoms with E-state index in [0.717, 1.165) is 32.0 Å². The molecule has 2 N–H and O–H groups in total. The average Bonchev–Trinajstić information content (AvgIpc) is 2.40. The van der Waals surface area contributed by atoms with Gasteiger partial charge >= 0.3 is 6.18 Å². The number of anilines is 1. The molecule has 1 aliphatic rings. The van der Waals surface area contributed by atoms with E-state index < -0.39 is 11.7 Å². The highest BCUT2D eigenvalue weighted by Gasteiger charge is 2.34. The number of alkyl halides is 3. The van der Waals surface area contributed by atoms with E-state index in [2.05, 4.69) is 18.7 Å². The van der Waals surface area contributed by atoms with Gasteiger partial charge in [-0.3, -0.25) is 0 Å². The van der Waals surface area contributed by atoms with Gasteiger partial charge in [0.2, 0.25) is 0 Å². The van der Waals surface area contributed by atoms with Gasteiger partial charge in [-0.05, 0) is 69.8 Å². The van der Waals surface area contributed by atoms with Crippen LogP contribution in [-0.2, 0) is 12.6 Å². The van der Waals surface area contributed by atoms with E-state index in [0.29, 0.717) is 23.9 Å². The Morgan fingerprint density at radius 3 is 2.38 bits per heavy atom. The highest BCUT2D eigenvalue weighted by atomic mass is 19.4. The summed E-state index contributed by atoms with van der Waals surface area (Å²) in [5.41, 5.74) is 5.47. The van der Waals surface area contributed by atoms with Gasteiger partial charge in [-0.25, -0.2) is 0 Å². The van der Waals surface area contributed by atoms with Crippen molar-refractivity contribution in [1.82, 2.24) is 4.90 Å². The maximum absolute atomic E-state index is 13.1. The summed E-state index contributed by atoms with van der Waals surface area (Å²) in [7, 11) is 0. The summed E-state index contributed by atoms with van der Waals surface area (Å²) in [6.45, 7) is 6.25. The van der Waals surface area contributed by atoms with Gasteiger partial charge in [0.15, 0.2) is 0 Å². The fourth-order valence-electron chi connectivity index (χ4n) is 3.02. The summed E-state index contributed by atoms with van der Waals surface area (Å²) in [5, 5.41) is 0. The van der Waals surface area contributed by atoms with Crippen molar-refractivity contribution in [2.75, 3.05) is 18.8 Å². The van der Waals surface area contributed by atoms with Gasteiger partial charge < -0.3 is 10.6 Å². The number of piperidine rings is 1. The van der Waals surface area contributed by atoms with Gasteiger partial charge in [0.25, 0.3) is 0 Å². The second-order valence-electron chi connectivity index (χ2n) is 6.19. The van der Waals surface area contributed by atoms with E-state index in [1.807, 2.05) is 0 Å². The third kappa shape index (κ3) is 4.13. The van der Waals surface area contributed by atoms with Crippen LogP contribution in [0.5, 0.6) is 0 Å². The van der Waals surface area contributed by atoms with Crippen molar-refractivity contribution in [2.24, 2.45) is 5.92 Å². The Balaban J connectivity index is 2.07. The van der Waals surface area contributed by atoms with Gasteiger partial charge in [-0.15, -0.1) is 0 Å². The molecule has 21 heavy (non-hydrogen) atoms. The summed E-state index contributed by atoms with van der Waals surface area (Å²) in [4.78, 5) is 2.38. The van der Waals surface area contributed by atoms with E-state index in [-0.39, 0.29) is 5.69 Å². The highest BCUT2D eigenvalue weighted by Crippen LogP contribution is 2.35. The van der Waals surface area contributed by atoms with E-state index in [4.69, 9.17) is 5.73 Å². The summed E-state index contributed by atoms with van der Waals surface area (Å²) >= 11 is 0. The van der Waals surface area contributed by atoms with Crippen molar-refractivity contribution in [3.63, 3.8) is 0 Å². The monoisotopic (exact) mass is 300 g/mol. The maximum Gasteiger partial charge on any atom is 0.416 e. The lowest BCUT2D eigenvalue weighted by Gasteiger charge is -2.35. The van der Waals surface area contributed by atoms with Gasteiger partial charge in [0.1, 0.15) is 0 Å². The van der Waals surface area contributed by atoms with Crippen molar-refractivity contribution in [2.45, 2.75) is 45.3 Å². The number of nitrogens with zero attached hydrogens (tertiary/aromatic N) is 1. The average molecular weight is 300 g/mol. The van der Waals surface area contributed by atoms with E-state index in [9.17, 15) is 13.2 Å². The lowest BCUT2D eigenvalue weighted by atomic mass is 9.87. The topological polar surface area (TPSA) is 29.3 Å². The Bertz CT molecular complexity index is 475. The Kier molecular flexibility index (Phi) is 4.81. The quantitative estimate of drug-likeness (QED) is 0.856. The van der Waals surface area contributed by atoms with Crippen LogP contribution in [0, 0.1) is 5.92 Å². The molecule has 1 fully saturated rings. The Labute approximate surface area is 124 Å². The zero-order valence-corrected chi connectivity index (χ0v) is 12.6. The van der Waals surface area contributed by atoms with Crippen molar-refractivity contribution in [3.8, 4) is 0 Å². The van der Waals surface area contributed by atoms with Crippen LogP contribution in [0.1, 0.15) is 37.8 Å². The largest absolute Gasteiger partial charge is 0.416 e. The van der Waals surface area contributed by atoms with Crippen LogP contribution in [0.3, 0.4) is 0 Å². The smallest absolute Gasteiger partial charge is 0.399 e. The lowest BCUT2D eigenvalue weighted by Crippen LogP contribution is -2.38. The number of nitrogen functional groups attached to an aromatic ring is 1. The second-order valence-corrected chi connectivity index (χ2v) is 6.19. The van der Waals surface area contributed by atoms with Crippen molar-refractivity contribution in [1.29, 1.82) is 0 Å². The van der Waals surface area contributed by atoms with Crippen LogP contribution in [0.2, 0.25) is 0 Å². The molecule has 0 aromatic heterocycles. The summed E-state index contributed by atoms with van der Waals surface area (Å²) < 4.78 is 39.3. The third-order valence-corrected chi connectivity index (χ3v) is 4.33. The molecule has 0 radical (unpaired) electrons. The van der Waals surface area contributed by atoms with Crippen molar-refractivity contribution < 1.29 is 13.2 Å². The van der Waals surface area contributed by atoms with Crippen LogP contribution in [0.15, 0.2) is 18.2 Å². The van der Waals surface area contributed by atoms with Crippen LogP contribution in [0.4, 0.5) is 18.9 Å². The molecule has 118 valence electrons. The summed E-state index contributed by atoms with van der Waals surface area (Å²) in [5.74, 6) is 0.324. The zero-order valence-electron chi connectivity index (χ0n) is 12.6. The number of rotatable bonds is 3. The SMILES string of the molecule is CC(C)N1CCC(Cc2ccc(N)cc2C(F)(F)F)CC1. The number of nitrogens with two attached hydrogens (primary N) is 1. The summed E-state index contributed by atoms with van der Waals surface area (Å²) in [6.07, 6.45) is -1.93. The fourth-order valence-corrected chi connectivity index (χ4v) is 3.02. The molecule has 1 heterocycles. The predicted octanol–water partition coefficient (Wildman–Crippen LogP) is 3.95. The minimum atomic E-state index is -4.33. The number of likely N-dealkylation sites (tertiary alicyclic amines) is 1. The molecule has 0 atom stereocenters. The van der Waals surface area contributed by atoms with Crippen LogP contribution in [0.25, 0.3) is 0 Å². The first-order valence-electron chi connectivity index (χ1n) is 7.47. The van der Waals surface area contributed by atoms with Crippen LogP contribution >= 0.6 is 0 Å². The van der Waals surface area contributed by atoms with Crippen LogP contribution < -0.4 is 5.73 Å². The molecule has 1 aromatic carbocycles. The van der Waals surface area contributed by atoms with Crippen LogP contribution in [-0.4, -0.2) is 24.0 Å². The summed E-state index contributed by atoms with van der Waals surface area (Å²) in [6, 6.07) is 4.66. The molecule has 0 spiro atoms. The fraction of sp³-hybridized carbons (Fsp3) is 0.625. The molecule has 2 nitrogen and oxygen atoms in total. The Hall–Kier alpha value is -1.23. The van der Waals surface area contributed by atoms with E-state index in [1.165, 1.54) is 6.07 Å². The molecule has 0 amide bonds. The number of hydrogen-bond donors (Lipinski definition) is 1.